The molecule has 1 saturated carbocycles. The van der Waals surface area contributed by atoms with E-state index in [0.29, 0.717) is 31.3 Å². The van der Waals surface area contributed by atoms with Gasteiger partial charge in [0.25, 0.3) is 0 Å². The Bertz CT molecular complexity index is 271. The highest BCUT2D eigenvalue weighted by Crippen LogP contribution is 2.31. The number of nitrogens with two attached hydrogens (primary N) is 1. The molecule has 19 heavy (non-hydrogen) atoms. The third-order valence-electron chi connectivity index (χ3n) is 4.62. The second-order valence-corrected chi connectivity index (χ2v) is 6.04. The SMILES string of the molecule is NCC(CC(=O)NCC1CCCO1)C1CCCCC1. The lowest BCUT2D eigenvalue weighted by Crippen LogP contribution is -2.36. The number of carbonyl (C=O) groups is 1. The fraction of sp³-hybridized carbons (Fsp3) is 0.933. The summed E-state index contributed by atoms with van der Waals surface area (Å²) in [5, 5.41) is 3.01. The quantitative estimate of drug-likeness (QED) is 0.772. The number of rotatable bonds is 6. The van der Waals surface area contributed by atoms with E-state index < -0.39 is 0 Å². The first kappa shape index (κ1) is 14.8. The van der Waals surface area contributed by atoms with Gasteiger partial charge in [-0.15, -0.1) is 0 Å². The molecule has 0 spiro atoms. The van der Waals surface area contributed by atoms with E-state index in [1.165, 1.54) is 32.1 Å². The first-order valence-electron chi connectivity index (χ1n) is 7.88. The lowest BCUT2D eigenvalue weighted by Gasteiger charge is -2.29. The molecule has 2 unspecified atom stereocenters. The highest BCUT2D eigenvalue weighted by molar-refractivity contribution is 5.76. The summed E-state index contributed by atoms with van der Waals surface area (Å²) < 4.78 is 5.51. The van der Waals surface area contributed by atoms with Crippen molar-refractivity contribution in [3.63, 3.8) is 0 Å². The molecule has 110 valence electrons. The second kappa shape index (κ2) is 7.85. The van der Waals surface area contributed by atoms with Crippen LogP contribution < -0.4 is 11.1 Å². The van der Waals surface area contributed by atoms with Crippen molar-refractivity contribution < 1.29 is 9.53 Å². The minimum atomic E-state index is 0.150. The summed E-state index contributed by atoms with van der Waals surface area (Å²) in [4.78, 5) is 12.0. The van der Waals surface area contributed by atoms with Gasteiger partial charge in [-0.05, 0) is 31.2 Å². The largest absolute Gasteiger partial charge is 0.376 e. The molecule has 1 aliphatic heterocycles. The van der Waals surface area contributed by atoms with Gasteiger partial charge in [-0.2, -0.15) is 0 Å². The van der Waals surface area contributed by atoms with Crippen LogP contribution in [0, 0.1) is 11.8 Å². The Morgan fingerprint density at radius 1 is 1.21 bits per heavy atom. The fourth-order valence-corrected chi connectivity index (χ4v) is 3.39. The van der Waals surface area contributed by atoms with Crippen LogP contribution in [0.25, 0.3) is 0 Å². The topological polar surface area (TPSA) is 64.4 Å². The molecule has 2 aliphatic rings. The molecule has 1 amide bonds. The highest BCUT2D eigenvalue weighted by Gasteiger charge is 2.25. The Hall–Kier alpha value is -0.610. The molecule has 4 heteroatoms. The first-order chi connectivity index (χ1) is 9.29. The molecule has 3 N–H and O–H groups in total. The second-order valence-electron chi connectivity index (χ2n) is 6.04. The lowest BCUT2D eigenvalue weighted by molar-refractivity contribution is -0.123. The van der Waals surface area contributed by atoms with Gasteiger partial charge < -0.3 is 15.8 Å². The van der Waals surface area contributed by atoms with Crippen LogP contribution in [0.3, 0.4) is 0 Å². The van der Waals surface area contributed by atoms with Crippen LogP contribution in [0.2, 0.25) is 0 Å². The van der Waals surface area contributed by atoms with Crippen LogP contribution in [0.5, 0.6) is 0 Å². The van der Waals surface area contributed by atoms with Gasteiger partial charge in [-0.25, -0.2) is 0 Å². The summed E-state index contributed by atoms with van der Waals surface area (Å²) in [7, 11) is 0. The standard InChI is InChI=1S/C15H28N2O2/c16-10-13(12-5-2-1-3-6-12)9-15(18)17-11-14-7-4-8-19-14/h12-14H,1-11,16H2,(H,17,18). The fourth-order valence-electron chi connectivity index (χ4n) is 3.39. The molecule has 4 nitrogen and oxygen atoms in total. The maximum absolute atomic E-state index is 12.0. The Morgan fingerprint density at radius 3 is 2.63 bits per heavy atom. The Balaban J connectivity index is 1.69. The predicted octanol–water partition coefficient (Wildman–Crippen LogP) is 1.83. The van der Waals surface area contributed by atoms with E-state index in [1.807, 2.05) is 0 Å². The summed E-state index contributed by atoms with van der Waals surface area (Å²) in [6.07, 6.45) is 9.47. The maximum Gasteiger partial charge on any atom is 0.220 e. The highest BCUT2D eigenvalue weighted by atomic mass is 16.5. The van der Waals surface area contributed by atoms with Crippen molar-refractivity contribution in [1.82, 2.24) is 5.32 Å². The summed E-state index contributed by atoms with van der Waals surface area (Å²) in [5.74, 6) is 1.17. The minimum absolute atomic E-state index is 0.150. The summed E-state index contributed by atoms with van der Waals surface area (Å²) in [5.41, 5.74) is 5.87. The van der Waals surface area contributed by atoms with E-state index in [2.05, 4.69) is 5.32 Å². The van der Waals surface area contributed by atoms with Crippen molar-refractivity contribution in [2.75, 3.05) is 19.7 Å². The van der Waals surface area contributed by atoms with Gasteiger partial charge in [0, 0.05) is 19.6 Å². The van der Waals surface area contributed by atoms with Crippen molar-refractivity contribution in [1.29, 1.82) is 0 Å². The van der Waals surface area contributed by atoms with Crippen molar-refractivity contribution >= 4 is 5.91 Å². The zero-order valence-corrected chi connectivity index (χ0v) is 11.9. The van der Waals surface area contributed by atoms with Gasteiger partial charge in [-0.3, -0.25) is 4.79 Å². The Labute approximate surface area is 116 Å². The van der Waals surface area contributed by atoms with Crippen LogP contribution in [-0.4, -0.2) is 31.7 Å². The van der Waals surface area contributed by atoms with E-state index >= 15 is 0 Å². The van der Waals surface area contributed by atoms with Gasteiger partial charge in [0.05, 0.1) is 6.10 Å². The van der Waals surface area contributed by atoms with E-state index in [0.717, 1.165) is 19.4 Å². The predicted molar refractivity (Wildman–Crippen MR) is 75.7 cm³/mol. The molecule has 0 aromatic rings. The van der Waals surface area contributed by atoms with Crippen molar-refractivity contribution in [2.45, 2.75) is 57.5 Å². The van der Waals surface area contributed by atoms with Crippen molar-refractivity contribution in [2.24, 2.45) is 17.6 Å². The molecular weight excluding hydrogens is 240 g/mol. The van der Waals surface area contributed by atoms with E-state index in [-0.39, 0.29) is 12.0 Å². The molecule has 1 saturated heterocycles. The summed E-state index contributed by atoms with van der Waals surface area (Å²) in [6, 6.07) is 0. The monoisotopic (exact) mass is 268 g/mol. The molecular formula is C15H28N2O2. The van der Waals surface area contributed by atoms with Crippen LogP contribution in [0.1, 0.15) is 51.4 Å². The number of ether oxygens (including phenoxy) is 1. The first-order valence-corrected chi connectivity index (χ1v) is 7.88. The van der Waals surface area contributed by atoms with E-state index in [1.54, 1.807) is 0 Å². The average molecular weight is 268 g/mol. The van der Waals surface area contributed by atoms with Gasteiger partial charge in [0.1, 0.15) is 0 Å². The van der Waals surface area contributed by atoms with Gasteiger partial charge in [0.2, 0.25) is 5.91 Å². The van der Waals surface area contributed by atoms with Gasteiger partial charge >= 0.3 is 0 Å². The average Bonchev–Trinajstić information content (AvgIpc) is 2.97. The number of hydrogen-bond donors (Lipinski definition) is 2. The van der Waals surface area contributed by atoms with Crippen LogP contribution in [0.4, 0.5) is 0 Å². The zero-order chi connectivity index (χ0) is 13.5. The van der Waals surface area contributed by atoms with Gasteiger partial charge in [-0.1, -0.05) is 32.1 Å². The summed E-state index contributed by atoms with van der Waals surface area (Å²) in [6.45, 7) is 2.15. The third kappa shape index (κ3) is 4.77. The molecule has 1 heterocycles. The molecule has 2 rings (SSSR count). The summed E-state index contributed by atoms with van der Waals surface area (Å²) >= 11 is 0. The molecule has 2 fully saturated rings. The molecule has 2 atom stereocenters. The lowest BCUT2D eigenvalue weighted by atomic mass is 9.78. The van der Waals surface area contributed by atoms with Crippen LogP contribution >= 0.6 is 0 Å². The Morgan fingerprint density at radius 2 is 2.00 bits per heavy atom. The van der Waals surface area contributed by atoms with Crippen LogP contribution in [0.15, 0.2) is 0 Å². The number of carbonyl (C=O) groups excluding carboxylic acids is 1. The van der Waals surface area contributed by atoms with Crippen molar-refractivity contribution in [3.8, 4) is 0 Å². The van der Waals surface area contributed by atoms with Crippen LogP contribution in [-0.2, 0) is 9.53 Å². The van der Waals surface area contributed by atoms with Gasteiger partial charge in [0.15, 0.2) is 0 Å². The maximum atomic E-state index is 12.0. The molecule has 0 bridgehead atoms. The third-order valence-corrected chi connectivity index (χ3v) is 4.62. The smallest absolute Gasteiger partial charge is 0.220 e. The van der Waals surface area contributed by atoms with Crippen molar-refractivity contribution in [3.05, 3.63) is 0 Å². The number of nitrogens with one attached hydrogen (secondary N) is 1. The van der Waals surface area contributed by atoms with E-state index in [4.69, 9.17) is 10.5 Å². The molecule has 0 aromatic carbocycles. The number of amides is 1. The molecule has 0 radical (unpaired) electrons. The molecule has 0 aromatic heterocycles. The van der Waals surface area contributed by atoms with E-state index in [9.17, 15) is 4.79 Å². The number of hydrogen-bond acceptors (Lipinski definition) is 3. The minimum Gasteiger partial charge on any atom is -0.376 e. The Kier molecular flexibility index (Phi) is 6.11. The normalized spacial score (nSPS) is 26.3. The molecule has 1 aliphatic carbocycles. The zero-order valence-electron chi connectivity index (χ0n) is 11.9.